The minimum absolute atomic E-state index is 0.320. The summed E-state index contributed by atoms with van der Waals surface area (Å²) in [6.07, 6.45) is 1.04. The van der Waals surface area contributed by atoms with Crippen LogP contribution in [0, 0.1) is 0 Å². The third kappa shape index (κ3) is 3.04. The lowest BCUT2D eigenvalue weighted by Crippen LogP contribution is -2.26. The Kier molecular flexibility index (Phi) is 3.52. The van der Waals surface area contributed by atoms with Gasteiger partial charge in [-0.2, -0.15) is 0 Å². The summed E-state index contributed by atoms with van der Waals surface area (Å²) in [6, 6.07) is 6.26. The quantitative estimate of drug-likeness (QED) is 0.766. The van der Waals surface area contributed by atoms with Gasteiger partial charge in [-0.3, -0.25) is 4.79 Å². The third-order valence-electron chi connectivity index (χ3n) is 2.12. The lowest BCUT2D eigenvalue weighted by Gasteiger charge is -2.08. The molecule has 0 unspecified atom stereocenters. The number of hydrogen-bond acceptors (Lipinski definition) is 3. The van der Waals surface area contributed by atoms with Crippen molar-refractivity contribution in [2.75, 3.05) is 6.26 Å². The first kappa shape index (κ1) is 12.2. The van der Waals surface area contributed by atoms with E-state index in [9.17, 15) is 13.2 Å². The van der Waals surface area contributed by atoms with Crippen molar-refractivity contribution in [1.82, 2.24) is 0 Å². The van der Waals surface area contributed by atoms with E-state index < -0.39 is 20.9 Å². The van der Waals surface area contributed by atoms with Crippen LogP contribution < -0.4 is 0 Å². The molecule has 0 aromatic heterocycles. The molecule has 82 valence electrons. The van der Waals surface area contributed by atoms with Gasteiger partial charge in [-0.15, -0.1) is 0 Å². The van der Waals surface area contributed by atoms with Crippen LogP contribution in [-0.2, 0) is 9.84 Å². The topological polar surface area (TPSA) is 51.2 Å². The highest BCUT2D eigenvalue weighted by Crippen LogP contribution is 2.14. The van der Waals surface area contributed by atoms with E-state index in [-0.39, 0.29) is 0 Å². The minimum Gasteiger partial charge on any atom is -0.293 e. The summed E-state index contributed by atoms with van der Waals surface area (Å²) in [4.78, 5) is 11.7. The summed E-state index contributed by atoms with van der Waals surface area (Å²) in [5.41, 5.74) is 0.320. The highest BCUT2D eigenvalue weighted by molar-refractivity contribution is 7.92. The van der Waals surface area contributed by atoms with Gasteiger partial charge in [-0.1, -0.05) is 23.7 Å². The van der Waals surface area contributed by atoms with Gasteiger partial charge >= 0.3 is 0 Å². The van der Waals surface area contributed by atoms with Gasteiger partial charge < -0.3 is 0 Å². The Bertz CT molecular complexity index is 479. The smallest absolute Gasteiger partial charge is 0.180 e. The predicted octanol–water partition coefficient (Wildman–Crippen LogP) is 1.96. The highest BCUT2D eigenvalue weighted by Gasteiger charge is 2.24. The Morgan fingerprint density at radius 2 is 2.00 bits per heavy atom. The third-order valence-corrected chi connectivity index (χ3v) is 3.85. The Balaban J connectivity index is 3.06. The molecular formula is C10H11ClO3S. The molecule has 1 rings (SSSR count). The van der Waals surface area contributed by atoms with Crippen LogP contribution in [0.4, 0.5) is 0 Å². The SMILES string of the molecule is C[C@H](C(=O)c1cccc(Cl)c1)S(C)(=O)=O. The standard InChI is InChI=1S/C10H11ClO3S/c1-7(15(2,13)14)10(12)8-4-3-5-9(11)6-8/h3-7H,1-2H3/t7-/m1/s1. The number of carbonyl (C=O) groups excluding carboxylic acids is 1. The molecule has 0 aliphatic heterocycles. The maximum atomic E-state index is 11.7. The summed E-state index contributed by atoms with van der Waals surface area (Å²) in [6.45, 7) is 1.37. The number of benzene rings is 1. The average molecular weight is 247 g/mol. The molecule has 0 aliphatic carbocycles. The largest absolute Gasteiger partial charge is 0.293 e. The van der Waals surface area contributed by atoms with E-state index >= 15 is 0 Å². The zero-order chi connectivity index (χ0) is 11.6. The van der Waals surface area contributed by atoms with Crippen LogP contribution in [0.3, 0.4) is 0 Å². The van der Waals surface area contributed by atoms with Gasteiger partial charge in [0, 0.05) is 16.8 Å². The summed E-state index contributed by atoms with van der Waals surface area (Å²) in [7, 11) is -3.36. The van der Waals surface area contributed by atoms with Crippen molar-refractivity contribution in [3.05, 3.63) is 34.9 Å². The Morgan fingerprint density at radius 1 is 1.40 bits per heavy atom. The highest BCUT2D eigenvalue weighted by atomic mass is 35.5. The number of sulfone groups is 1. The molecule has 0 radical (unpaired) electrons. The summed E-state index contributed by atoms with van der Waals surface area (Å²) < 4.78 is 22.4. The predicted molar refractivity (Wildman–Crippen MR) is 60.1 cm³/mol. The van der Waals surface area contributed by atoms with Gasteiger partial charge in [0.05, 0.1) is 0 Å². The molecule has 0 fully saturated rings. The molecule has 1 atom stereocenters. The van der Waals surface area contributed by atoms with Gasteiger partial charge in [0.25, 0.3) is 0 Å². The van der Waals surface area contributed by atoms with Gasteiger partial charge in [-0.05, 0) is 19.1 Å². The first-order chi connectivity index (χ1) is 6.82. The van der Waals surface area contributed by atoms with Crippen LogP contribution in [0.25, 0.3) is 0 Å². The summed E-state index contributed by atoms with van der Waals surface area (Å²) >= 11 is 5.71. The first-order valence-electron chi connectivity index (χ1n) is 4.31. The fourth-order valence-electron chi connectivity index (χ4n) is 1.07. The van der Waals surface area contributed by atoms with Crippen LogP contribution in [0.5, 0.6) is 0 Å². The van der Waals surface area contributed by atoms with Crippen LogP contribution in [-0.4, -0.2) is 25.7 Å². The van der Waals surface area contributed by atoms with Crippen LogP contribution >= 0.6 is 11.6 Å². The number of halogens is 1. The second-order valence-electron chi connectivity index (χ2n) is 3.35. The van der Waals surface area contributed by atoms with E-state index in [4.69, 9.17) is 11.6 Å². The van der Waals surface area contributed by atoms with E-state index in [1.807, 2.05) is 0 Å². The molecule has 0 heterocycles. The molecule has 0 amide bonds. The van der Waals surface area contributed by atoms with Crippen molar-refractivity contribution in [1.29, 1.82) is 0 Å². The fraction of sp³-hybridized carbons (Fsp3) is 0.300. The molecular weight excluding hydrogens is 236 g/mol. The number of hydrogen-bond donors (Lipinski definition) is 0. The zero-order valence-electron chi connectivity index (χ0n) is 8.40. The molecule has 3 nitrogen and oxygen atoms in total. The maximum absolute atomic E-state index is 11.7. The van der Waals surface area contributed by atoms with Crippen LogP contribution in [0.1, 0.15) is 17.3 Å². The van der Waals surface area contributed by atoms with Crippen LogP contribution in [0.15, 0.2) is 24.3 Å². The number of ketones is 1. The molecule has 0 spiro atoms. The van der Waals surface area contributed by atoms with E-state index in [0.717, 1.165) is 6.26 Å². The first-order valence-corrected chi connectivity index (χ1v) is 6.64. The second-order valence-corrected chi connectivity index (χ2v) is 6.15. The van der Waals surface area contributed by atoms with Crippen molar-refractivity contribution in [3.8, 4) is 0 Å². The Hall–Kier alpha value is -0.870. The number of Topliss-reactive ketones (excluding diaryl/α,β-unsaturated/α-hetero) is 1. The molecule has 0 N–H and O–H groups in total. The summed E-state index contributed by atoms with van der Waals surface area (Å²) in [5.74, 6) is -0.431. The van der Waals surface area contributed by atoms with E-state index in [1.54, 1.807) is 18.2 Å². The number of carbonyl (C=O) groups is 1. The van der Waals surface area contributed by atoms with Gasteiger partial charge in [0.2, 0.25) is 0 Å². The molecule has 5 heteroatoms. The molecule has 1 aromatic carbocycles. The van der Waals surface area contributed by atoms with Crippen molar-refractivity contribution >= 4 is 27.2 Å². The normalized spacial score (nSPS) is 13.5. The zero-order valence-corrected chi connectivity index (χ0v) is 9.97. The second kappa shape index (κ2) is 4.33. The van der Waals surface area contributed by atoms with E-state index in [0.29, 0.717) is 10.6 Å². The molecule has 0 aliphatic rings. The Labute approximate surface area is 94.0 Å². The molecule has 15 heavy (non-hydrogen) atoms. The minimum atomic E-state index is -3.36. The maximum Gasteiger partial charge on any atom is 0.180 e. The van der Waals surface area contributed by atoms with Crippen molar-refractivity contribution in [2.24, 2.45) is 0 Å². The monoisotopic (exact) mass is 246 g/mol. The van der Waals surface area contributed by atoms with Gasteiger partial charge in [-0.25, -0.2) is 8.42 Å². The summed E-state index contributed by atoms with van der Waals surface area (Å²) in [5, 5.41) is -0.613. The van der Waals surface area contributed by atoms with Crippen molar-refractivity contribution in [2.45, 2.75) is 12.2 Å². The Morgan fingerprint density at radius 3 is 2.47 bits per heavy atom. The molecule has 0 saturated heterocycles. The molecule has 0 saturated carbocycles. The van der Waals surface area contributed by atoms with Gasteiger partial charge in [0.1, 0.15) is 5.25 Å². The van der Waals surface area contributed by atoms with E-state index in [1.165, 1.54) is 13.0 Å². The molecule has 0 bridgehead atoms. The lowest BCUT2D eigenvalue weighted by atomic mass is 10.1. The van der Waals surface area contributed by atoms with Gasteiger partial charge in [0.15, 0.2) is 15.6 Å². The lowest BCUT2D eigenvalue weighted by molar-refractivity contribution is 0.0991. The van der Waals surface area contributed by atoms with Crippen molar-refractivity contribution in [3.63, 3.8) is 0 Å². The van der Waals surface area contributed by atoms with Crippen LogP contribution in [0.2, 0.25) is 5.02 Å². The molecule has 1 aromatic rings. The number of rotatable bonds is 3. The van der Waals surface area contributed by atoms with E-state index in [2.05, 4.69) is 0 Å². The average Bonchev–Trinajstić information content (AvgIpc) is 2.14. The fourth-order valence-corrected chi connectivity index (χ4v) is 1.79. The van der Waals surface area contributed by atoms with Crippen molar-refractivity contribution < 1.29 is 13.2 Å².